The van der Waals surface area contributed by atoms with Gasteiger partial charge in [-0.25, -0.2) is 0 Å². The van der Waals surface area contributed by atoms with Gasteiger partial charge in [-0.05, 0) is 31.6 Å². The van der Waals surface area contributed by atoms with Crippen molar-refractivity contribution in [3.05, 3.63) is 12.2 Å². The molecule has 2 nitrogen and oxygen atoms in total. The van der Waals surface area contributed by atoms with E-state index in [0.717, 1.165) is 6.42 Å². The van der Waals surface area contributed by atoms with Crippen LogP contribution >= 0.6 is 0 Å². The summed E-state index contributed by atoms with van der Waals surface area (Å²) in [4.78, 5) is 23.2. The van der Waals surface area contributed by atoms with Crippen LogP contribution in [0.15, 0.2) is 12.2 Å². The maximum absolute atomic E-state index is 11.9. The van der Waals surface area contributed by atoms with Gasteiger partial charge in [0.1, 0.15) is 11.6 Å². The molecular formula is C13H18O2. The van der Waals surface area contributed by atoms with Gasteiger partial charge in [-0.2, -0.15) is 0 Å². The lowest BCUT2D eigenvalue weighted by Gasteiger charge is -2.43. The number of hydrogen-bond donors (Lipinski definition) is 0. The Morgan fingerprint density at radius 2 is 2.13 bits per heavy atom. The minimum absolute atomic E-state index is 0.0638. The van der Waals surface area contributed by atoms with Gasteiger partial charge < -0.3 is 4.79 Å². The summed E-state index contributed by atoms with van der Waals surface area (Å²) >= 11 is 0. The summed E-state index contributed by atoms with van der Waals surface area (Å²) in [7, 11) is 0. The van der Waals surface area contributed by atoms with E-state index in [0.29, 0.717) is 18.6 Å². The maximum atomic E-state index is 11.9. The molecule has 0 amide bonds. The summed E-state index contributed by atoms with van der Waals surface area (Å²) in [6.07, 6.45) is 6.29. The van der Waals surface area contributed by atoms with Crippen LogP contribution in [0.5, 0.6) is 0 Å². The molecule has 0 aromatic carbocycles. The fourth-order valence-corrected chi connectivity index (χ4v) is 3.21. The van der Waals surface area contributed by atoms with E-state index in [1.807, 2.05) is 13.0 Å². The largest absolute Gasteiger partial charge is 0.300 e. The second-order valence-corrected chi connectivity index (χ2v) is 5.50. The van der Waals surface area contributed by atoms with Crippen LogP contribution in [0.1, 0.15) is 40.0 Å². The smallest absolute Gasteiger partial charge is 0.142 e. The van der Waals surface area contributed by atoms with E-state index in [-0.39, 0.29) is 22.5 Å². The first-order valence-electron chi connectivity index (χ1n) is 5.62. The highest BCUT2D eigenvalue weighted by atomic mass is 16.1. The number of carbonyl (C=O) groups excluding carboxylic acids is 2. The van der Waals surface area contributed by atoms with E-state index in [1.165, 1.54) is 0 Å². The van der Waals surface area contributed by atoms with Gasteiger partial charge in [0.15, 0.2) is 0 Å². The molecule has 0 spiro atoms. The average Bonchev–Trinajstić information content (AvgIpc) is 2.33. The van der Waals surface area contributed by atoms with Gasteiger partial charge in [-0.1, -0.05) is 19.1 Å². The number of Topliss-reactive ketones (excluding diaryl/α,β-unsaturated/α-hetero) is 2. The summed E-state index contributed by atoms with van der Waals surface area (Å²) in [5, 5.41) is 0. The Bertz CT molecular complexity index is 356. The molecule has 0 N–H and O–H groups in total. The van der Waals surface area contributed by atoms with Gasteiger partial charge >= 0.3 is 0 Å². The molecule has 0 aromatic rings. The van der Waals surface area contributed by atoms with Gasteiger partial charge in [0, 0.05) is 18.3 Å². The summed E-state index contributed by atoms with van der Waals surface area (Å²) in [6, 6.07) is 0. The van der Waals surface area contributed by atoms with Crippen molar-refractivity contribution in [2.75, 3.05) is 0 Å². The number of ketones is 2. The van der Waals surface area contributed by atoms with E-state index < -0.39 is 0 Å². The molecule has 0 radical (unpaired) electrons. The lowest BCUT2D eigenvalue weighted by Crippen LogP contribution is -2.43. The van der Waals surface area contributed by atoms with E-state index in [9.17, 15) is 9.59 Å². The molecule has 1 saturated carbocycles. The minimum atomic E-state index is -0.376. The summed E-state index contributed by atoms with van der Waals surface area (Å²) < 4.78 is 0. The molecule has 2 rings (SSSR count). The molecule has 0 aromatic heterocycles. The Labute approximate surface area is 90.7 Å². The molecule has 2 aliphatic rings. The molecule has 0 aliphatic heterocycles. The van der Waals surface area contributed by atoms with Crippen LogP contribution in [0.4, 0.5) is 0 Å². The summed E-state index contributed by atoms with van der Waals surface area (Å²) in [6.45, 7) is 5.78. The Morgan fingerprint density at radius 3 is 2.73 bits per heavy atom. The average molecular weight is 206 g/mol. The molecule has 3 atom stereocenters. The third-order valence-corrected chi connectivity index (χ3v) is 4.31. The fourth-order valence-electron chi connectivity index (χ4n) is 3.21. The zero-order valence-electron chi connectivity index (χ0n) is 9.67. The molecule has 2 heteroatoms. The summed E-state index contributed by atoms with van der Waals surface area (Å²) in [5.41, 5.74) is -0.312. The third-order valence-electron chi connectivity index (χ3n) is 4.31. The Hall–Kier alpha value is -0.920. The van der Waals surface area contributed by atoms with Crippen LogP contribution in [0.25, 0.3) is 0 Å². The number of allylic oxidation sites excluding steroid dienone is 2. The van der Waals surface area contributed by atoms with Crippen LogP contribution in [0.3, 0.4) is 0 Å². The van der Waals surface area contributed by atoms with Gasteiger partial charge in [0.25, 0.3) is 0 Å². The van der Waals surface area contributed by atoms with Crippen LogP contribution in [0.2, 0.25) is 0 Å². The molecule has 1 fully saturated rings. The van der Waals surface area contributed by atoms with Crippen LogP contribution in [-0.4, -0.2) is 11.6 Å². The van der Waals surface area contributed by atoms with Gasteiger partial charge in [-0.3, -0.25) is 4.79 Å². The predicted molar refractivity (Wildman–Crippen MR) is 58.4 cm³/mol. The van der Waals surface area contributed by atoms with E-state index in [1.54, 1.807) is 6.92 Å². The molecule has 15 heavy (non-hydrogen) atoms. The highest BCUT2D eigenvalue weighted by molar-refractivity contribution is 5.90. The van der Waals surface area contributed by atoms with E-state index >= 15 is 0 Å². The lowest BCUT2D eigenvalue weighted by atomic mass is 9.59. The third kappa shape index (κ3) is 1.38. The predicted octanol–water partition coefficient (Wildman–Crippen LogP) is 2.53. The maximum Gasteiger partial charge on any atom is 0.142 e. The first kappa shape index (κ1) is 10.6. The first-order chi connectivity index (χ1) is 6.88. The second-order valence-electron chi connectivity index (χ2n) is 5.50. The van der Waals surface area contributed by atoms with E-state index in [4.69, 9.17) is 0 Å². The molecule has 0 saturated heterocycles. The minimum Gasteiger partial charge on any atom is -0.300 e. The molecule has 0 unspecified atom stereocenters. The monoisotopic (exact) mass is 206 g/mol. The van der Waals surface area contributed by atoms with Crippen molar-refractivity contribution in [2.45, 2.75) is 40.0 Å². The highest BCUT2D eigenvalue weighted by Crippen LogP contribution is 2.57. The number of hydrogen-bond acceptors (Lipinski definition) is 2. The second kappa shape index (κ2) is 3.03. The van der Waals surface area contributed by atoms with Crippen molar-refractivity contribution >= 4 is 11.6 Å². The number of rotatable bonds is 2. The van der Waals surface area contributed by atoms with Crippen LogP contribution in [-0.2, 0) is 9.59 Å². The first-order valence-corrected chi connectivity index (χ1v) is 5.62. The van der Waals surface area contributed by atoms with Gasteiger partial charge in [0.05, 0.1) is 0 Å². The normalized spacial score (nSPS) is 43.4. The van der Waals surface area contributed by atoms with Crippen LogP contribution < -0.4 is 0 Å². The molecular weight excluding hydrogens is 188 g/mol. The summed E-state index contributed by atoms with van der Waals surface area (Å²) in [5.74, 6) is 0.680. The van der Waals surface area contributed by atoms with Crippen molar-refractivity contribution in [2.24, 2.45) is 16.7 Å². The molecule has 0 heterocycles. The van der Waals surface area contributed by atoms with Gasteiger partial charge in [-0.15, -0.1) is 0 Å². The number of fused-ring (bicyclic) bond motifs is 2. The Balaban J connectivity index is 2.37. The topological polar surface area (TPSA) is 34.1 Å². The van der Waals surface area contributed by atoms with Crippen molar-refractivity contribution < 1.29 is 9.59 Å². The fraction of sp³-hybridized carbons (Fsp3) is 0.692. The standard InChI is InChI=1S/C13H18O2/c1-9(14)8-10-12(2)5-4-11(15)13(10,3)7-6-12/h6-7,10H,4-5,8H2,1-3H3/t10-,12-,13+/m1/s1. The Kier molecular flexibility index (Phi) is 2.14. The molecule has 2 bridgehead atoms. The quantitative estimate of drug-likeness (QED) is 0.651. The van der Waals surface area contributed by atoms with Crippen LogP contribution in [0, 0.1) is 16.7 Å². The zero-order valence-corrected chi connectivity index (χ0v) is 9.67. The van der Waals surface area contributed by atoms with Crippen molar-refractivity contribution in [1.82, 2.24) is 0 Å². The molecule has 2 aliphatic carbocycles. The lowest BCUT2D eigenvalue weighted by molar-refractivity contribution is -0.135. The van der Waals surface area contributed by atoms with Crippen molar-refractivity contribution in [1.29, 1.82) is 0 Å². The zero-order chi connectivity index (χ0) is 11.3. The number of carbonyl (C=O) groups is 2. The Morgan fingerprint density at radius 1 is 1.47 bits per heavy atom. The van der Waals surface area contributed by atoms with Gasteiger partial charge in [0.2, 0.25) is 0 Å². The van der Waals surface area contributed by atoms with Crippen molar-refractivity contribution in [3.8, 4) is 0 Å². The van der Waals surface area contributed by atoms with E-state index in [2.05, 4.69) is 13.0 Å². The van der Waals surface area contributed by atoms with Crippen molar-refractivity contribution in [3.63, 3.8) is 0 Å². The highest BCUT2D eigenvalue weighted by Gasteiger charge is 2.55. The SMILES string of the molecule is CC(=O)C[C@@H]1[C@@]2(C)C=C[C@]1(C)C(=O)CC2. The molecule has 82 valence electrons.